The Labute approximate surface area is 268 Å². The van der Waals surface area contributed by atoms with Gasteiger partial charge < -0.3 is 20.3 Å². The molecule has 3 aliphatic carbocycles. The number of nitrogens with one attached hydrogen (secondary N) is 1. The largest absolute Gasteiger partial charge is 0.507 e. The lowest BCUT2D eigenvalue weighted by Crippen LogP contribution is -2.78. The van der Waals surface area contributed by atoms with Crippen LogP contribution in [-0.4, -0.2) is 107 Å². The Morgan fingerprint density at radius 2 is 1.72 bits per heavy atom. The van der Waals surface area contributed by atoms with Crippen LogP contribution < -0.4 is 5.32 Å². The zero-order valence-corrected chi connectivity index (χ0v) is 27.6. The number of likely N-dealkylation sites (tertiary alicyclic amines) is 1. The molecule has 0 bridgehead atoms. The van der Waals surface area contributed by atoms with Crippen LogP contribution in [0.3, 0.4) is 0 Å². The number of phenolic OH excluding ortho intramolecular Hbond substituents is 1. The Bertz CT molecular complexity index is 1490. The molecule has 1 amide bonds. The second kappa shape index (κ2) is 12.0. The lowest BCUT2D eigenvalue weighted by Gasteiger charge is -2.56. The zero-order valence-electron chi connectivity index (χ0n) is 27.6. The van der Waals surface area contributed by atoms with Gasteiger partial charge in [0.2, 0.25) is 5.91 Å². The van der Waals surface area contributed by atoms with Crippen molar-refractivity contribution in [2.24, 2.45) is 23.7 Å². The van der Waals surface area contributed by atoms with Crippen LogP contribution >= 0.6 is 0 Å². The van der Waals surface area contributed by atoms with E-state index in [1.54, 1.807) is 26.0 Å². The standard InChI is InChI=1S/C34H45N3O9/c1-8-19(38)46-29-20-16(2)17-11-12-18(33(3,4)5)26(39)21(17)27(40)22(20)30(42)34(45)24(29)25(36(6)7)28(41)23(31(34)43)32(44)35-15-37-13-9-10-14-37/h11-12,16,20,22-25,29,39,45H,8-10,13-15H2,1-7H3,(H,35,44)/t16-,20+,22?,23?,24+,25-,29-,34-/m0/s1. The Morgan fingerprint density at radius 3 is 2.28 bits per heavy atom. The van der Waals surface area contributed by atoms with Crippen molar-refractivity contribution in [3.63, 3.8) is 0 Å². The van der Waals surface area contributed by atoms with Gasteiger partial charge in [0.25, 0.3) is 0 Å². The maximum atomic E-state index is 14.6. The van der Waals surface area contributed by atoms with E-state index in [4.69, 9.17) is 4.74 Å². The first-order valence-electron chi connectivity index (χ1n) is 16.1. The Balaban J connectivity index is 1.67. The second-order valence-electron chi connectivity index (χ2n) is 14.5. The van der Waals surface area contributed by atoms with Crippen LogP contribution in [0.2, 0.25) is 0 Å². The number of carbonyl (C=O) groups is 6. The minimum absolute atomic E-state index is 0.0828. The number of amides is 1. The Hall–Kier alpha value is -3.48. The van der Waals surface area contributed by atoms with Gasteiger partial charge in [-0.25, -0.2) is 0 Å². The van der Waals surface area contributed by atoms with Crippen molar-refractivity contribution >= 4 is 35.0 Å². The van der Waals surface area contributed by atoms with Crippen molar-refractivity contribution in [1.82, 2.24) is 15.1 Å². The van der Waals surface area contributed by atoms with Gasteiger partial charge in [-0.3, -0.25) is 38.6 Å². The molecule has 12 heteroatoms. The number of likely N-dealkylation sites (N-methyl/N-ethyl adjacent to an activating group) is 1. The van der Waals surface area contributed by atoms with Crippen molar-refractivity contribution in [2.75, 3.05) is 33.9 Å². The van der Waals surface area contributed by atoms with Gasteiger partial charge in [0.05, 0.1) is 30.1 Å². The predicted molar refractivity (Wildman–Crippen MR) is 165 cm³/mol. The maximum Gasteiger partial charge on any atom is 0.305 e. The lowest BCUT2D eigenvalue weighted by atomic mass is 9.49. The van der Waals surface area contributed by atoms with E-state index in [-0.39, 0.29) is 24.4 Å². The van der Waals surface area contributed by atoms with Gasteiger partial charge in [-0.1, -0.05) is 46.8 Å². The molecular formula is C34H45N3O9. The van der Waals surface area contributed by atoms with Crippen molar-refractivity contribution in [2.45, 2.75) is 83.0 Å². The molecule has 1 heterocycles. The van der Waals surface area contributed by atoms with Gasteiger partial charge in [0.1, 0.15) is 11.9 Å². The molecule has 5 rings (SSSR count). The van der Waals surface area contributed by atoms with Gasteiger partial charge in [-0.2, -0.15) is 0 Å². The summed E-state index contributed by atoms with van der Waals surface area (Å²) in [5, 5.41) is 26.4. The number of Topliss-reactive ketones (excluding diaryl/α,β-unsaturated/α-hetero) is 4. The van der Waals surface area contributed by atoms with Gasteiger partial charge >= 0.3 is 5.97 Å². The van der Waals surface area contributed by atoms with Crippen LogP contribution in [0.25, 0.3) is 0 Å². The van der Waals surface area contributed by atoms with Crippen LogP contribution in [0.1, 0.15) is 81.3 Å². The first-order valence-corrected chi connectivity index (χ1v) is 16.1. The molecule has 1 aromatic carbocycles. The fraction of sp³-hybridized carbons (Fsp3) is 0.647. The molecule has 250 valence electrons. The number of benzene rings is 1. The number of esters is 1. The van der Waals surface area contributed by atoms with Gasteiger partial charge in [-0.05, 0) is 62.5 Å². The van der Waals surface area contributed by atoms with E-state index >= 15 is 0 Å². The van der Waals surface area contributed by atoms with E-state index in [2.05, 4.69) is 5.32 Å². The van der Waals surface area contributed by atoms with Crippen LogP contribution in [0.5, 0.6) is 5.75 Å². The number of phenols is 1. The topological polar surface area (TPSA) is 171 Å². The molecule has 3 N–H and O–H groups in total. The molecular weight excluding hydrogens is 594 g/mol. The third-order valence-electron chi connectivity index (χ3n) is 10.5. The number of hydrogen-bond acceptors (Lipinski definition) is 11. The van der Waals surface area contributed by atoms with E-state index in [0.29, 0.717) is 11.1 Å². The Kier molecular flexibility index (Phi) is 8.80. The number of nitrogens with zero attached hydrogens (tertiary/aromatic N) is 2. The molecule has 0 aromatic heterocycles. The van der Waals surface area contributed by atoms with Crippen LogP contribution in [-0.2, 0) is 34.1 Å². The van der Waals surface area contributed by atoms with Gasteiger partial charge in [0.15, 0.2) is 34.7 Å². The number of ether oxygens (including phenoxy) is 1. The fourth-order valence-corrected chi connectivity index (χ4v) is 8.16. The molecule has 0 spiro atoms. The number of fused-ring (bicyclic) bond motifs is 3. The summed E-state index contributed by atoms with van der Waals surface area (Å²) in [6.45, 7) is 10.4. The molecule has 1 saturated heterocycles. The monoisotopic (exact) mass is 639 g/mol. The SMILES string of the molecule is CCC(=O)O[C@H]1[C@H]2C(C(=O)c3c(ccc(C(C)(C)C)c3O)[C@@H]2C)C(=O)[C@]2(O)C(=O)C(C(=O)NCN3CCCC3)C(=O)[C@@H](N(C)C)[C@H]12. The minimum atomic E-state index is -3.01. The highest BCUT2D eigenvalue weighted by atomic mass is 16.5. The summed E-state index contributed by atoms with van der Waals surface area (Å²) in [5.74, 6) is -13.1. The summed E-state index contributed by atoms with van der Waals surface area (Å²) in [6.07, 6.45) is 0.375. The first kappa shape index (κ1) is 33.9. The van der Waals surface area contributed by atoms with Crippen LogP contribution in [0.15, 0.2) is 12.1 Å². The van der Waals surface area contributed by atoms with Crippen molar-refractivity contribution in [3.8, 4) is 5.75 Å². The predicted octanol–water partition coefficient (Wildman–Crippen LogP) is 1.34. The van der Waals surface area contributed by atoms with Crippen LogP contribution in [0.4, 0.5) is 0 Å². The zero-order chi connectivity index (χ0) is 34.0. The number of aromatic hydroxyl groups is 1. The normalized spacial score (nSPS) is 33.0. The summed E-state index contributed by atoms with van der Waals surface area (Å²) >= 11 is 0. The van der Waals surface area contributed by atoms with E-state index in [1.165, 1.54) is 19.0 Å². The summed E-state index contributed by atoms with van der Waals surface area (Å²) in [7, 11) is 3.04. The summed E-state index contributed by atoms with van der Waals surface area (Å²) in [5.41, 5.74) is -2.75. The molecule has 12 nitrogen and oxygen atoms in total. The first-order chi connectivity index (χ1) is 21.5. The maximum absolute atomic E-state index is 14.6. The molecule has 1 aromatic rings. The fourth-order valence-electron chi connectivity index (χ4n) is 8.16. The lowest BCUT2D eigenvalue weighted by molar-refractivity contribution is -0.205. The molecule has 2 saturated carbocycles. The smallest absolute Gasteiger partial charge is 0.305 e. The number of hydrogen-bond donors (Lipinski definition) is 3. The second-order valence-corrected chi connectivity index (χ2v) is 14.5. The van der Waals surface area contributed by atoms with E-state index < -0.39 is 87.8 Å². The number of ketones is 4. The van der Waals surface area contributed by atoms with Crippen molar-refractivity contribution in [1.29, 1.82) is 0 Å². The number of aliphatic hydroxyl groups is 1. The van der Waals surface area contributed by atoms with Crippen molar-refractivity contribution < 1.29 is 43.7 Å². The van der Waals surface area contributed by atoms with E-state index in [9.17, 15) is 39.0 Å². The minimum Gasteiger partial charge on any atom is -0.507 e. The molecule has 8 atom stereocenters. The molecule has 1 aliphatic heterocycles. The third-order valence-corrected chi connectivity index (χ3v) is 10.5. The quantitative estimate of drug-likeness (QED) is 0.303. The number of carbonyl (C=O) groups excluding carboxylic acids is 6. The summed E-state index contributed by atoms with van der Waals surface area (Å²) in [4.78, 5) is 87.1. The average Bonchev–Trinajstić information content (AvgIpc) is 3.50. The summed E-state index contributed by atoms with van der Waals surface area (Å²) < 4.78 is 5.92. The third kappa shape index (κ3) is 5.09. The van der Waals surface area contributed by atoms with Crippen molar-refractivity contribution in [3.05, 3.63) is 28.8 Å². The van der Waals surface area contributed by atoms with Crippen LogP contribution in [0, 0.1) is 23.7 Å². The van der Waals surface area contributed by atoms with E-state index in [0.717, 1.165) is 25.9 Å². The van der Waals surface area contributed by atoms with Gasteiger partial charge in [0, 0.05) is 12.3 Å². The molecule has 2 unspecified atom stereocenters. The highest BCUT2D eigenvalue weighted by Crippen LogP contribution is 2.56. The highest BCUT2D eigenvalue weighted by molar-refractivity contribution is 6.32. The molecule has 4 aliphatic rings. The number of rotatable bonds is 6. The molecule has 0 radical (unpaired) electrons. The Morgan fingerprint density at radius 1 is 1.09 bits per heavy atom. The van der Waals surface area contributed by atoms with Gasteiger partial charge in [-0.15, -0.1) is 0 Å². The molecule has 46 heavy (non-hydrogen) atoms. The van der Waals surface area contributed by atoms with E-state index in [1.807, 2.05) is 25.7 Å². The average molecular weight is 640 g/mol. The summed E-state index contributed by atoms with van der Waals surface area (Å²) in [6, 6.07) is 2.04. The molecule has 3 fully saturated rings. The highest BCUT2D eigenvalue weighted by Gasteiger charge is 2.74.